The van der Waals surface area contributed by atoms with Crippen LogP contribution in [-0.2, 0) is 17.6 Å². The second kappa shape index (κ2) is 6.54. The molecule has 1 aliphatic carbocycles. The number of aromatic amines is 1. The monoisotopic (exact) mass is 350 g/mol. The number of rotatable bonds is 3. The Kier molecular flexibility index (Phi) is 4.04. The van der Waals surface area contributed by atoms with Crippen molar-refractivity contribution in [1.29, 1.82) is 0 Å². The van der Waals surface area contributed by atoms with E-state index >= 15 is 0 Å². The van der Waals surface area contributed by atoms with Crippen LogP contribution in [0, 0.1) is 0 Å². The summed E-state index contributed by atoms with van der Waals surface area (Å²) in [4.78, 5) is 15.1. The van der Waals surface area contributed by atoms with E-state index < -0.39 is 0 Å². The predicted octanol–water partition coefficient (Wildman–Crippen LogP) is 2.71. The summed E-state index contributed by atoms with van der Waals surface area (Å²) >= 11 is 0. The highest BCUT2D eigenvalue weighted by Crippen LogP contribution is 2.41. The molecular weight excluding hydrogens is 324 g/mol. The van der Waals surface area contributed by atoms with Crippen molar-refractivity contribution in [3.8, 4) is 0 Å². The quantitative estimate of drug-likeness (QED) is 0.895. The van der Waals surface area contributed by atoms with Crippen LogP contribution in [-0.4, -0.2) is 40.1 Å². The molecule has 2 aliphatic heterocycles. The molecule has 1 saturated carbocycles. The van der Waals surface area contributed by atoms with Gasteiger partial charge in [0.2, 0.25) is 5.91 Å². The zero-order valence-corrected chi connectivity index (χ0v) is 15.1. The normalized spacial score (nSPS) is 25.8. The lowest BCUT2D eigenvalue weighted by Gasteiger charge is -2.24. The average molecular weight is 350 g/mol. The highest BCUT2D eigenvalue weighted by molar-refractivity contribution is 5.82. The maximum atomic E-state index is 13.1. The summed E-state index contributed by atoms with van der Waals surface area (Å²) in [5, 5.41) is 11.4. The van der Waals surface area contributed by atoms with Gasteiger partial charge < -0.3 is 4.90 Å². The van der Waals surface area contributed by atoms with E-state index in [1.165, 1.54) is 35.4 Å². The van der Waals surface area contributed by atoms with Gasteiger partial charge >= 0.3 is 0 Å². The summed E-state index contributed by atoms with van der Waals surface area (Å²) in [6.07, 6.45) is 6.34. The predicted molar refractivity (Wildman–Crippen MR) is 99.9 cm³/mol. The highest BCUT2D eigenvalue weighted by Gasteiger charge is 2.35. The summed E-state index contributed by atoms with van der Waals surface area (Å²) in [5.41, 5.74) is 5.21. The first-order valence-corrected chi connectivity index (χ1v) is 9.95. The second-order valence-electron chi connectivity index (χ2n) is 7.93. The molecule has 2 N–H and O–H groups in total. The van der Waals surface area contributed by atoms with E-state index in [4.69, 9.17) is 0 Å². The van der Waals surface area contributed by atoms with Crippen LogP contribution >= 0.6 is 0 Å². The van der Waals surface area contributed by atoms with Gasteiger partial charge in [-0.05, 0) is 43.2 Å². The Labute approximate surface area is 154 Å². The van der Waals surface area contributed by atoms with Crippen LogP contribution in [0.1, 0.15) is 60.2 Å². The van der Waals surface area contributed by atoms with Crippen molar-refractivity contribution in [3.63, 3.8) is 0 Å². The molecule has 136 valence electrons. The van der Waals surface area contributed by atoms with Gasteiger partial charge in [0.1, 0.15) is 0 Å². The van der Waals surface area contributed by atoms with Crippen molar-refractivity contribution in [3.05, 3.63) is 52.8 Å². The lowest BCUT2D eigenvalue weighted by atomic mass is 10.1. The van der Waals surface area contributed by atoms with Gasteiger partial charge in [0.15, 0.2) is 0 Å². The van der Waals surface area contributed by atoms with Gasteiger partial charge in [-0.2, -0.15) is 5.10 Å². The number of hydrogen-bond donors (Lipinski definition) is 2. The third-order valence-electron chi connectivity index (χ3n) is 6.17. The third-order valence-corrected chi connectivity index (χ3v) is 6.17. The van der Waals surface area contributed by atoms with Crippen LogP contribution in [0.5, 0.6) is 0 Å². The van der Waals surface area contributed by atoms with Crippen molar-refractivity contribution in [1.82, 2.24) is 20.4 Å². The van der Waals surface area contributed by atoms with Gasteiger partial charge in [0, 0.05) is 37.2 Å². The minimum atomic E-state index is -0.0438. The van der Waals surface area contributed by atoms with Crippen LogP contribution in [0.4, 0.5) is 0 Å². The SMILES string of the molecule is O=C([C@H]1CC[C@H](c2ccccc2)N1)N1CCc2[nH]nc(C3CC3)c2CC1. The Morgan fingerprint density at radius 3 is 2.65 bits per heavy atom. The Bertz CT molecular complexity index is 796. The van der Waals surface area contributed by atoms with Crippen LogP contribution < -0.4 is 5.32 Å². The molecule has 1 aromatic heterocycles. The number of carbonyl (C=O) groups excluding carboxylic acids is 1. The number of H-pyrrole nitrogens is 1. The molecule has 2 fully saturated rings. The molecule has 5 nitrogen and oxygen atoms in total. The van der Waals surface area contributed by atoms with Crippen molar-refractivity contribution in [2.24, 2.45) is 0 Å². The fraction of sp³-hybridized carbons (Fsp3) is 0.524. The van der Waals surface area contributed by atoms with Gasteiger partial charge in [-0.1, -0.05) is 30.3 Å². The minimum Gasteiger partial charge on any atom is -0.341 e. The first-order chi connectivity index (χ1) is 12.8. The zero-order chi connectivity index (χ0) is 17.5. The van der Waals surface area contributed by atoms with Crippen molar-refractivity contribution in [2.75, 3.05) is 13.1 Å². The van der Waals surface area contributed by atoms with Crippen molar-refractivity contribution < 1.29 is 4.79 Å². The molecule has 2 aromatic rings. The number of amides is 1. The Morgan fingerprint density at radius 2 is 1.85 bits per heavy atom. The molecule has 1 saturated heterocycles. The molecule has 0 spiro atoms. The largest absolute Gasteiger partial charge is 0.341 e. The van der Waals surface area contributed by atoms with E-state index in [9.17, 15) is 4.79 Å². The summed E-state index contributed by atoms with van der Waals surface area (Å²) < 4.78 is 0. The lowest BCUT2D eigenvalue weighted by molar-refractivity contribution is -0.133. The lowest BCUT2D eigenvalue weighted by Crippen LogP contribution is -2.45. The molecular formula is C21H26N4O. The molecule has 0 radical (unpaired) electrons. The molecule has 2 atom stereocenters. The van der Waals surface area contributed by atoms with Crippen LogP contribution in [0.25, 0.3) is 0 Å². The number of benzene rings is 1. The summed E-state index contributed by atoms with van der Waals surface area (Å²) in [5.74, 6) is 0.940. The van der Waals surface area contributed by atoms with Gasteiger partial charge in [0.05, 0.1) is 11.7 Å². The van der Waals surface area contributed by atoms with Crippen LogP contribution in [0.3, 0.4) is 0 Å². The van der Waals surface area contributed by atoms with E-state index in [2.05, 4.69) is 44.7 Å². The van der Waals surface area contributed by atoms with Crippen LogP contribution in [0.2, 0.25) is 0 Å². The molecule has 5 heteroatoms. The molecule has 26 heavy (non-hydrogen) atoms. The maximum Gasteiger partial charge on any atom is 0.239 e. The first-order valence-electron chi connectivity index (χ1n) is 9.95. The molecule has 3 heterocycles. The smallest absolute Gasteiger partial charge is 0.239 e. The molecule has 0 bridgehead atoms. The molecule has 0 unspecified atom stereocenters. The number of aromatic nitrogens is 2. The first kappa shape index (κ1) is 16.1. The maximum absolute atomic E-state index is 13.1. The Hall–Kier alpha value is -2.14. The van der Waals surface area contributed by atoms with Crippen molar-refractivity contribution >= 4 is 5.91 Å². The number of nitrogens with zero attached hydrogens (tertiary/aromatic N) is 2. The third kappa shape index (κ3) is 2.94. The standard InChI is InChI=1S/C21H26N4O/c26-21(19-9-8-17(22-19)14-4-2-1-3-5-14)25-12-10-16-18(11-13-25)23-24-20(16)15-6-7-15/h1-5,15,17,19,22H,6-13H2,(H,23,24)/t17-,19-/m1/s1. The number of fused-ring (bicyclic) bond motifs is 1. The van der Waals surface area contributed by atoms with Gasteiger partial charge in [-0.15, -0.1) is 0 Å². The van der Waals surface area contributed by atoms with E-state index in [0.717, 1.165) is 38.8 Å². The fourth-order valence-corrected chi connectivity index (χ4v) is 4.53. The second-order valence-corrected chi connectivity index (χ2v) is 7.93. The topological polar surface area (TPSA) is 61.0 Å². The zero-order valence-electron chi connectivity index (χ0n) is 15.1. The average Bonchev–Trinajstić information content (AvgIpc) is 3.33. The van der Waals surface area contributed by atoms with Gasteiger partial charge in [-0.25, -0.2) is 0 Å². The number of hydrogen-bond acceptors (Lipinski definition) is 3. The fourth-order valence-electron chi connectivity index (χ4n) is 4.53. The van der Waals surface area contributed by atoms with E-state index in [0.29, 0.717) is 12.0 Å². The van der Waals surface area contributed by atoms with Crippen molar-refractivity contribution in [2.45, 2.75) is 56.5 Å². The van der Waals surface area contributed by atoms with Gasteiger partial charge in [-0.3, -0.25) is 15.2 Å². The summed E-state index contributed by atoms with van der Waals surface area (Å²) in [7, 11) is 0. The minimum absolute atomic E-state index is 0.0438. The molecule has 5 rings (SSSR count). The highest BCUT2D eigenvalue weighted by atomic mass is 16.2. The van der Waals surface area contributed by atoms with E-state index in [1.54, 1.807) is 0 Å². The van der Waals surface area contributed by atoms with E-state index in [1.807, 2.05) is 6.07 Å². The van der Waals surface area contributed by atoms with Gasteiger partial charge in [0.25, 0.3) is 0 Å². The Morgan fingerprint density at radius 1 is 1.04 bits per heavy atom. The summed E-state index contributed by atoms with van der Waals surface area (Å²) in [6, 6.07) is 10.7. The molecule has 1 aromatic carbocycles. The molecule has 3 aliphatic rings. The Balaban J connectivity index is 1.24. The summed E-state index contributed by atoms with van der Waals surface area (Å²) in [6.45, 7) is 1.62. The van der Waals surface area contributed by atoms with E-state index in [-0.39, 0.29) is 11.9 Å². The number of nitrogens with one attached hydrogen (secondary N) is 2. The molecule has 1 amide bonds. The number of carbonyl (C=O) groups is 1. The van der Waals surface area contributed by atoms with Crippen LogP contribution in [0.15, 0.2) is 30.3 Å².